The van der Waals surface area contributed by atoms with Gasteiger partial charge in [0.15, 0.2) is 0 Å². The van der Waals surface area contributed by atoms with Gasteiger partial charge in [-0.3, -0.25) is 4.79 Å². The zero-order chi connectivity index (χ0) is 19.3. The summed E-state index contributed by atoms with van der Waals surface area (Å²) in [7, 11) is 0. The van der Waals surface area contributed by atoms with E-state index in [0.29, 0.717) is 18.8 Å². The number of hydrogen-bond donors (Lipinski definition) is 1. The van der Waals surface area contributed by atoms with Gasteiger partial charge in [0.2, 0.25) is 5.91 Å². The van der Waals surface area contributed by atoms with Gasteiger partial charge in [0.05, 0.1) is 11.9 Å². The van der Waals surface area contributed by atoms with Crippen LogP contribution in [0.2, 0.25) is 0 Å². The van der Waals surface area contributed by atoms with Gasteiger partial charge in [-0.25, -0.2) is 4.39 Å². The van der Waals surface area contributed by atoms with Crippen LogP contribution in [0.15, 0.2) is 59.6 Å². The first-order valence-corrected chi connectivity index (χ1v) is 10.5. The number of carbonyl (C=O) groups is 1. The largest absolute Gasteiger partial charge is 0.376 e. The molecule has 4 nitrogen and oxygen atoms in total. The van der Waals surface area contributed by atoms with E-state index in [0.717, 1.165) is 40.8 Å². The first-order valence-electron chi connectivity index (χ1n) is 9.52. The zero-order valence-electron chi connectivity index (χ0n) is 15.6. The van der Waals surface area contributed by atoms with Gasteiger partial charge in [-0.2, -0.15) is 0 Å². The van der Waals surface area contributed by atoms with Crippen LogP contribution < -0.4 is 5.32 Å². The molecule has 1 N–H and O–H groups in total. The summed E-state index contributed by atoms with van der Waals surface area (Å²) in [5.41, 5.74) is 2.14. The first-order chi connectivity index (χ1) is 13.7. The van der Waals surface area contributed by atoms with Crippen molar-refractivity contribution in [2.45, 2.75) is 30.4 Å². The predicted molar refractivity (Wildman–Crippen MR) is 110 cm³/mol. The number of para-hydroxylation sites is 1. The van der Waals surface area contributed by atoms with Crippen molar-refractivity contribution in [3.8, 4) is 0 Å². The lowest BCUT2D eigenvalue weighted by Gasteiger charge is -2.10. The van der Waals surface area contributed by atoms with Crippen LogP contribution in [0, 0.1) is 5.82 Å². The highest BCUT2D eigenvalue weighted by Gasteiger charge is 2.16. The van der Waals surface area contributed by atoms with Crippen LogP contribution >= 0.6 is 11.8 Å². The Hall–Kier alpha value is -2.31. The second-order valence-corrected chi connectivity index (χ2v) is 8.01. The molecule has 0 radical (unpaired) electrons. The number of benzene rings is 2. The van der Waals surface area contributed by atoms with E-state index in [9.17, 15) is 9.18 Å². The SMILES string of the molecule is O=C(CSc1cn(Cc2ccc(F)cc2)c2ccccc12)NC[C@H]1CCCO1. The molecular formula is C22H23FN2O2S. The standard InChI is InChI=1S/C22H23FN2O2S/c23-17-9-7-16(8-10-17)13-25-14-21(19-5-1-2-6-20(19)25)28-15-22(26)24-12-18-4-3-11-27-18/h1-2,5-10,14,18H,3-4,11-13,15H2,(H,24,26)/t18-/m1/s1. The third-order valence-corrected chi connectivity index (χ3v) is 5.97. The van der Waals surface area contributed by atoms with Crippen LogP contribution in [0.5, 0.6) is 0 Å². The molecule has 3 aromatic rings. The Morgan fingerprint density at radius 3 is 2.82 bits per heavy atom. The summed E-state index contributed by atoms with van der Waals surface area (Å²) in [4.78, 5) is 13.3. The summed E-state index contributed by atoms with van der Waals surface area (Å²) >= 11 is 1.54. The highest BCUT2D eigenvalue weighted by atomic mass is 32.2. The highest BCUT2D eigenvalue weighted by molar-refractivity contribution is 8.00. The molecule has 4 rings (SSSR count). The second kappa shape index (κ2) is 8.80. The van der Waals surface area contributed by atoms with Gasteiger partial charge in [-0.05, 0) is 36.6 Å². The number of amides is 1. The highest BCUT2D eigenvalue weighted by Crippen LogP contribution is 2.30. The Labute approximate surface area is 168 Å². The molecule has 1 fully saturated rings. The maximum Gasteiger partial charge on any atom is 0.230 e. The average molecular weight is 399 g/mol. The Bertz CT molecular complexity index is 949. The molecule has 146 valence electrons. The van der Waals surface area contributed by atoms with Gasteiger partial charge in [-0.15, -0.1) is 11.8 Å². The third-order valence-electron chi connectivity index (χ3n) is 4.93. The quantitative estimate of drug-likeness (QED) is 0.606. The van der Waals surface area contributed by atoms with Gasteiger partial charge in [0.25, 0.3) is 0 Å². The number of rotatable bonds is 7. The number of carbonyl (C=O) groups excluding carboxylic acids is 1. The fourth-order valence-electron chi connectivity index (χ4n) is 3.47. The number of nitrogens with one attached hydrogen (secondary N) is 1. The molecule has 1 aliphatic rings. The maximum atomic E-state index is 13.2. The molecule has 28 heavy (non-hydrogen) atoms. The zero-order valence-corrected chi connectivity index (χ0v) is 16.4. The first kappa shape index (κ1) is 19.0. The normalized spacial score (nSPS) is 16.5. The van der Waals surface area contributed by atoms with E-state index in [2.05, 4.69) is 28.2 Å². The minimum atomic E-state index is -0.230. The number of halogens is 1. The molecule has 0 aliphatic carbocycles. The van der Waals surface area contributed by atoms with Crippen molar-refractivity contribution in [2.75, 3.05) is 18.9 Å². The van der Waals surface area contributed by atoms with Crippen LogP contribution in [-0.4, -0.2) is 35.5 Å². The van der Waals surface area contributed by atoms with E-state index in [-0.39, 0.29) is 17.8 Å². The lowest BCUT2D eigenvalue weighted by atomic mass is 10.2. The molecule has 1 aliphatic heterocycles. The van der Waals surface area contributed by atoms with Crippen LogP contribution in [0.4, 0.5) is 4.39 Å². The topological polar surface area (TPSA) is 43.3 Å². The maximum absolute atomic E-state index is 13.2. The molecule has 0 unspecified atom stereocenters. The number of fused-ring (bicyclic) bond motifs is 1. The van der Waals surface area contributed by atoms with E-state index in [1.807, 2.05) is 12.1 Å². The molecule has 1 saturated heterocycles. The van der Waals surface area contributed by atoms with E-state index in [1.54, 1.807) is 23.9 Å². The predicted octanol–water partition coefficient (Wildman–Crippen LogP) is 4.22. The number of thioether (sulfide) groups is 1. The van der Waals surface area contributed by atoms with Gasteiger partial charge in [0.1, 0.15) is 5.82 Å². The number of nitrogens with zero attached hydrogens (tertiary/aromatic N) is 1. The van der Waals surface area contributed by atoms with Crippen LogP contribution in [0.3, 0.4) is 0 Å². The van der Waals surface area contributed by atoms with Gasteiger partial charge in [0, 0.05) is 41.7 Å². The fourth-order valence-corrected chi connectivity index (χ4v) is 4.39. The minimum Gasteiger partial charge on any atom is -0.376 e. The molecule has 2 heterocycles. The molecule has 6 heteroatoms. The Kier molecular flexibility index (Phi) is 5.98. The summed E-state index contributed by atoms with van der Waals surface area (Å²) in [6, 6.07) is 14.7. The second-order valence-electron chi connectivity index (χ2n) is 6.99. The van der Waals surface area contributed by atoms with E-state index in [1.165, 1.54) is 12.1 Å². The lowest BCUT2D eigenvalue weighted by Crippen LogP contribution is -2.32. The van der Waals surface area contributed by atoms with Crippen LogP contribution in [0.1, 0.15) is 18.4 Å². The summed E-state index contributed by atoms with van der Waals surface area (Å²) < 4.78 is 20.9. The van der Waals surface area contributed by atoms with Gasteiger partial charge in [-0.1, -0.05) is 30.3 Å². The van der Waals surface area contributed by atoms with Crippen molar-refractivity contribution < 1.29 is 13.9 Å². The monoisotopic (exact) mass is 398 g/mol. The van der Waals surface area contributed by atoms with Crippen LogP contribution in [-0.2, 0) is 16.1 Å². The van der Waals surface area contributed by atoms with Gasteiger partial charge < -0.3 is 14.6 Å². The summed E-state index contributed by atoms with van der Waals surface area (Å²) in [6.45, 7) is 2.04. The number of hydrogen-bond acceptors (Lipinski definition) is 3. The molecular weight excluding hydrogens is 375 g/mol. The molecule has 1 amide bonds. The van der Waals surface area contributed by atoms with Gasteiger partial charge >= 0.3 is 0 Å². The molecule has 2 aromatic carbocycles. The Balaban J connectivity index is 1.43. The molecule has 1 atom stereocenters. The minimum absolute atomic E-state index is 0.0239. The molecule has 1 aromatic heterocycles. The van der Waals surface area contributed by atoms with Crippen molar-refractivity contribution in [3.05, 3.63) is 66.1 Å². The number of ether oxygens (including phenoxy) is 1. The fraction of sp³-hybridized carbons (Fsp3) is 0.318. The summed E-state index contributed by atoms with van der Waals surface area (Å²) in [5.74, 6) is 0.166. The average Bonchev–Trinajstić information content (AvgIpc) is 3.35. The van der Waals surface area contributed by atoms with Crippen molar-refractivity contribution in [1.82, 2.24) is 9.88 Å². The van der Waals surface area contributed by atoms with Crippen molar-refractivity contribution in [2.24, 2.45) is 0 Å². The lowest BCUT2D eigenvalue weighted by molar-refractivity contribution is -0.119. The van der Waals surface area contributed by atoms with E-state index < -0.39 is 0 Å². The van der Waals surface area contributed by atoms with Crippen molar-refractivity contribution in [3.63, 3.8) is 0 Å². The molecule has 0 saturated carbocycles. The van der Waals surface area contributed by atoms with Crippen molar-refractivity contribution >= 4 is 28.6 Å². The smallest absolute Gasteiger partial charge is 0.230 e. The number of aromatic nitrogens is 1. The van der Waals surface area contributed by atoms with E-state index in [4.69, 9.17) is 4.74 Å². The molecule has 0 bridgehead atoms. The van der Waals surface area contributed by atoms with Crippen LogP contribution in [0.25, 0.3) is 10.9 Å². The third kappa shape index (κ3) is 4.56. The Morgan fingerprint density at radius 2 is 2.04 bits per heavy atom. The molecule has 0 spiro atoms. The van der Waals surface area contributed by atoms with E-state index >= 15 is 0 Å². The Morgan fingerprint density at radius 1 is 1.21 bits per heavy atom. The summed E-state index contributed by atoms with van der Waals surface area (Å²) in [5, 5.41) is 4.09. The summed E-state index contributed by atoms with van der Waals surface area (Å²) in [6.07, 6.45) is 4.32. The van der Waals surface area contributed by atoms with Crippen molar-refractivity contribution in [1.29, 1.82) is 0 Å².